The number of aryl methyl sites for hydroxylation is 1. The van der Waals surface area contributed by atoms with E-state index in [2.05, 4.69) is 15.2 Å². The Balaban J connectivity index is 1.64. The maximum Gasteiger partial charge on any atom is 0.293 e. The van der Waals surface area contributed by atoms with E-state index in [0.717, 1.165) is 5.69 Å². The zero-order valence-electron chi connectivity index (χ0n) is 19.1. The summed E-state index contributed by atoms with van der Waals surface area (Å²) in [6.07, 6.45) is 1.37. The first-order valence-electron chi connectivity index (χ1n) is 10.9. The Hall–Kier alpha value is -3.89. The molecule has 3 aromatic rings. The number of nitrogen functional groups attached to an aromatic ring is 1. The third-order valence-electron chi connectivity index (χ3n) is 5.92. The number of amides is 1. The van der Waals surface area contributed by atoms with Gasteiger partial charge in [0.25, 0.3) is 5.56 Å². The number of nitrogens with two attached hydrogens (primary N) is 2. The van der Waals surface area contributed by atoms with Gasteiger partial charge in [0, 0.05) is 43.1 Å². The molecule has 1 aliphatic rings. The molecule has 1 aromatic heterocycles. The molecule has 2 aromatic carbocycles. The number of aliphatic hydroxyl groups is 1. The average molecular weight is 465 g/mol. The summed E-state index contributed by atoms with van der Waals surface area (Å²) in [6, 6.07) is 10.6. The predicted octanol–water partition coefficient (Wildman–Crippen LogP) is 1.38. The number of benzene rings is 2. The Morgan fingerprint density at radius 2 is 2.12 bits per heavy atom. The molecular weight excluding hydrogens is 436 g/mol. The summed E-state index contributed by atoms with van der Waals surface area (Å²) in [5.41, 5.74) is 15.8. The minimum Gasteiger partial charge on any atom is -0.397 e. The average Bonchev–Trinajstić information content (AvgIpc) is 2.82. The number of hydrogen-bond acceptors (Lipinski definition) is 8. The molecule has 2 heterocycles. The third kappa shape index (κ3) is 4.59. The molecule has 0 saturated carbocycles. The van der Waals surface area contributed by atoms with E-state index in [4.69, 9.17) is 16.2 Å². The molecule has 0 bridgehead atoms. The second-order valence-corrected chi connectivity index (χ2v) is 8.25. The van der Waals surface area contributed by atoms with Crippen LogP contribution in [0.25, 0.3) is 11.3 Å². The van der Waals surface area contributed by atoms with Gasteiger partial charge in [-0.05, 0) is 36.8 Å². The molecule has 4 rings (SSSR count). The number of nitrogens with zero attached hydrogens (tertiary/aromatic N) is 3. The Morgan fingerprint density at radius 1 is 1.32 bits per heavy atom. The van der Waals surface area contributed by atoms with Crippen molar-refractivity contribution in [2.75, 3.05) is 42.3 Å². The Morgan fingerprint density at radius 3 is 2.82 bits per heavy atom. The van der Waals surface area contributed by atoms with E-state index in [0.29, 0.717) is 53.5 Å². The van der Waals surface area contributed by atoms with Gasteiger partial charge >= 0.3 is 0 Å². The van der Waals surface area contributed by atoms with Crippen molar-refractivity contribution in [2.24, 2.45) is 12.8 Å². The lowest BCUT2D eigenvalue weighted by Gasteiger charge is -2.34. The predicted molar refractivity (Wildman–Crippen MR) is 131 cm³/mol. The second-order valence-electron chi connectivity index (χ2n) is 8.25. The molecular formula is C24H28N6O4. The van der Waals surface area contributed by atoms with Gasteiger partial charge in [-0.3, -0.25) is 9.59 Å². The first-order valence-corrected chi connectivity index (χ1v) is 10.9. The van der Waals surface area contributed by atoms with Crippen LogP contribution < -0.4 is 27.2 Å². The summed E-state index contributed by atoms with van der Waals surface area (Å²) in [5.74, 6) is -0.397. The van der Waals surface area contributed by atoms with Gasteiger partial charge in [-0.2, -0.15) is 0 Å². The number of ether oxygens (including phenoxy) is 1. The zero-order valence-corrected chi connectivity index (χ0v) is 19.1. The van der Waals surface area contributed by atoms with Gasteiger partial charge in [-0.25, -0.2) is 4.98 Å². The molecule has 1 fully saturated rings. The summed E-state index contributed by atoms with van der Waals surface area (Å²) in [7, 11) is 1.64. The van der Waals surface area contributed by atoms with Gasteiger partial charge in [-0.15, -0.1) is 0 Å². The van der Waals surface area contributed by atoms with Crippen LogP contribution in [-0.4, -0.2) is 53.0 Å². The van der Waals surface area contributed by atoms with Crippen molar-refractivity contribution < 1.29 is 14.6 Å². The molecule has 10 nitrogen and oxygen atoms in total. The number of carbonyl (C=O) groups excluding carboxylic acids is 1. The highest BCUT2D eigenvalue weighted by Crippen LogP contribution is 2.30. The maximum atomic E-state index is 12.8. The van der Waals surface area contributed by atoms with E-state index < -0.39 is 5.91 Å². The number of nitrogens with one attached hydrogen (secondary N) is 1. The Kier molecular flexibility index (Phi) is 6.53. The molecule has 1 unspecified atom stereocenters. The van der Waals surface area contributed by atoms with Crippen molar-refractivity contribution in [1.29, 1.82) is 0 Å². The van der Waals surface area contributed by atoms with Crippen LogP contribution in [0.3, 0.4) is 0 Å². The number of primary amides is 1. The Labute approximate surface area is 196 Å². The van der Waals surface area contributed by atoms with Crippen molar-refractivity contribution in [1.82, 2.24) is 9.55 Å². The summed E-state index contributed by atoms with van der Waals surface area (Å²) in [5, 5.41) is 12.5. The van der Waals surface area contributed by atoms with Crippen molar-refractivity contribution in [2.45, 2.75) is 13.0 Å². The summed E-state index contributed by atoms with van der Waals surface area (Å²) in [4.78, 5) is 31.1. The van der Waals surface area contributed by atoms with E-state index in [1.165, 1.54) is 4.57 Å². The van der Waals surface area contributed by atoms with Gasteiger partial charge in [-0.1, -0.05) is 12.1 Å². The van der Waals surface area contributed by atoms with Gasteiger partial charge in [0.2, 0.25) is 5.91 Å². The number of rotatable bonds is 6. The highest BCUT2D eigenvalue weighted by molar-refractivity contribution is 5.96. The molecule has 0 spiro atoms. The molecule has 178 valence electrons. The SMILES string of the molecule is Cc1c(C(N)=O)cccc1-c1cn(C)c(=O)c(Nc2ccc(N3CCOC(CO)C3)c(N)c2)n1. The normalized spacial score (nSPS) is 15.9. The van der Waals surface area contributed by atoms with E-state index in [1.807, 2.05) is 18.2 Å². The molecule has 10 heteroatoms. The Bertz CT molecular complexity index is 1290. The minimum atomic E-state index is -0.524. The molecule has 1 aliphatic heterocycles. The number of aromatic nitrogens is 2. The zero-order chi connectivity index (χ0) is 24.4. The fraction of sp³-hybridized carbons (Fsp3) is 0.292. The van der Waals surface area contributed by atoms with Crippen LogP contribution in [0.1, 0.15) is 15.9 Å². The second kappa shape index (κ2) is 9.54. The number of hydrogen-bond donors (Lipinski definition) is 4. The number of aliphatic hydroxyl groups excluding tert-OH is 1. The lowest BCUT2D eigenvalue weighted by atomic mass is 10.00. The van der Waals surface area contributed by atoms with E-state index in [-0.39, 0.29) is 24.1 Å². The number of carbonyl (C=O) groups is 1. The first-order chi connectivity index (χ1) is 16.3. The van der Waals surface area contributed by atoms with Gasteiger partial charge in [0.1, 0.15) is 0 Å². The fourth-order valence-corrected chi connectivity index (χ4v) is 4.10. The van der Waals surface area contributed by atoms with Gasteiger partial charge < -0.3 is 36.1 Å². The smallest absolute Gasteiger partial charge is 0.293 e. The maximum absolute atomic E-state index is 12.8. The largest absolute Gasteiger partial charge is 0.397 e. The molecule has 6 N–H and O–H groups in total. The molecule has 34 heavy (non-hydrogen) atoms. The minimum absolute atomic E-state index is 0.0524. The number of anilines is 4. The lowest BCUT2D eigenvalue weighted by Crippen LogP contribution is -2.44. The van der Waals surface area contributed by atoms with Crippen LogP contribution in [0, 0.1) is 6.92 Å². The summed E-state index contributed by atoms with van der Waals surface area (Å²) >= 11 is 0. The quantitative estimate of drug-likeness (QED) is 0.400. The monoisotopic (exact) mass is 464 g/mol. The third-order valence-corrected chi connectivity index (χ3v) is 5.92. The van der Waals surface area contributed by atoms with Crippen molar-refractivity contribution in [3.63, 3.8) is 0 Å². The fourth-order valence-electron chi connectivity index (χ4n) is 4.10. The van der Waals surface area contributed by atoms with Crippen molar-refractivity contribution in [3.05, 3.63) is 64.1 Å². The van der Waals surface area contributed by atoms with Crippen LogP contribution >= 0.6 is 0 Å². The molecule has 1 saturated heterocycles. The van der Waals surface area contributed by atoms with Crippen LogP contribution in [0.4, 0.5) is 22.9 Å². The van der Waals surface area contributed by atoms with E-state index in [9.17, 15) is 14.7 Å². The highest BCUT2D eigenvalue weighted by Gasteiger charge is 2.21. The van der Waals surface area contributed by atoms with Crippen molar-refractivity contribution in [3.8, 4) is 11.3 Å². The molecule has 1 atom stereocenters. The van der Waals surface area contributed by atoms with E-state index >= 15 is 0 Å². The van der Waals surface area contributed by atoms with E-state index in [1.54, 1.807) is 38.4 Å². The van der Waals surface area contributed by atoms with Gasteiger partial charge in [0.05, 0.1) is 36.4 Å². The topological polar surface area (TPSA) is 149 Å². The highest BCUT2D eigenvalue weighted by atomic mass is 16.5. The van der Waals surface area contributed by atoms with Gasteiger partial charge in [0.15, 0.2) is 5.82 Å². The first kappa shape index (κ1) is 23.3. The van der Waals surface area contributed by atoms with Crippen LogP contribution in [0.2, 0.25) is 0 Å². The van der Waals surface area contributed by atoms with Crippen LogP contribution in [0.5, 0.6) is 0 Å². The molecule has 0 aliphatic carbocycles. The van der Waals surface area contributed by atoms with Crippen molar-refractivity contribution >= 4 is 28.8 Å². The number of morpholine rings is 1. The van der Waals surface area contributed by atoms with Crippen LogP contribution in [0.15, 0.2) is 47.4 Å². The lowest BCUT2D eigenvalue weighted by molar-refractivity contribution is 0.00360. The standard InChI is InChI=1S/C24H28N6O4/c1-14-17(4-3-5-18(14)22(26)32)20-12-29(2)24(33)23(28-20)27-15-6-7-21(19(25)10-15)30-8-9-34-16(11-30)13-31/h3-7,10,12,16,31H,8-9,11,13,25H2,1-2H3,(H2,26,32)(H,27,28). The summed E-state index contributed by atoms with van der Waals surface area (Å²) in [6.45, 7) is 3.46. The molecule has 1 amide bonds. The molecule has 0 radical (unpaired) electrons. The van der Waals surface area contributed by atoms with Crippen LogP contribution in [-0.2, 0) is 11.8 Å². The summed E-state index contributed by atoms with van der Waals surface area (Å²) < 4.78 is 6.94.